The lowest BCUT2D eigenvalue weighted by atomic mass is 10.3. The lowest BCUT2D eigenvalue weighted by molar-refractivity contribution is -0.113. The van der Waals surface area contributed by atoms with Gasteiger partial charge in [-0.3, -0.25) is 4.79 Å². The van der Waals surface area contributed by atoms with E-state index in [9.17, 15) is 9.59 Å². The molecule has 0 aliphatic heterocycles. The number of amides is 1. The predicted octanol–water partition coefficient (Wildman–Crippen LogP) is 1.42. The Kier molecular flexibility index (Phi) is 3.96. The monoisotopic (exact) mass is 319 g/mol. The fourth-order valence-electron chi connectivity index (χ4n) is 1.94. The van der Waals surface area contributed by atoms with E-state index in [0.717, 1.165) is 0 Å². The molecule has 3 aromatic rings. The second-order valence-corrected chi connectivity index (χ2v) is 5.60. The van der Waals surface area contributed by atoms with Crippen LogP contribution in [0.25, 0.3) is 11.0 Å². The van der Waals surface area contributed by atoms with Crippen molar-refractivity contribution in [2.75, 3.05) is 11.1 Å². The zero-order valence-corrected chi connectivity index (χ0v) is 12.5. The number of benzene rings is 1. The molecule has 0 aliphatic rings. The molecule has 114 valence electrons. The van der Waals surface area contributed by atoms with E-state index >= 15 is 0 Å². The number of rotatable bonds is 5. The van der Waals surface area contributed by atoms with Crippen molar-refractivity contribution in [3.8, 4) is 0 Å². The Morgan fingerprint density at radius 2 is 2.18 bits per heavy atom. The van der Waals surface area contributed by atoms with Gasteiger partial charge in [-0.15, -0.1) is 11.8 Å². The highest BCUT2D eigenvalue weighted by Crippen LogP contribution is 2.15. The summed E-state index contributed by atoms with van der Waals surface area (Å²) in [7, 11) is 0. The summed E-state index contributed by atoms with van der Waals surface area (Å²) in [6, 6.07) is 5.17. The number of aryl methyl sites for hydroxylation is 1. The molecule has 9 heteroatoms. The number of aromatic nitrogens is 4. The SMILES string of the molecule is Cc1nc(CSCC(=O)Nc2ccc3[nH]c(=O)[nH]c3c2)no1. The average Bonchev–Trinajstić information content (AvgIpc) is 3.03. The van der Waals surface area contributed by atoms with Crippen LogP contribution in [0.15, 0.2) is 27.5 Å². The molecule has 0 atom stereocenters. The maximum atomic E-state index is 11.9. The highest BCUT2D eigenvalue weighted by atomic mass is 32.2. The van der Waals surface area contributed by atoms with Crippen molar-refractivity contribution < 1.29 is 9.32 Å². The predicted molar refractivity (Wildman–Crippen MR) is 82.7 cm³/mol. The maximum Gasteiger partial charge on any atom is 0.323 e. The number of carbonyl (C=O) groups excluding carboxylic acids is 1. The van der Waals surface area contributed by atoms with Crippen LogP contribution in [0.1, 0.15) is 11.7 Å². The molecule has 2 heterocycles. The molecule has 8 nitrogen and oxygen atoms in total. The molecular formula is C13H13N5O3S. The number of thioether (sulfide) groups is 1. The standard InChI is InChI=1S/C13H13N5O3S/c1-7-14-11(18-21-7)5-22-6-12(19)15-8-2-3-9-10(4-8)17-13(20)16-9/h2-4H,5-6H2,1H3,(H,15,19)(H2,16,17,20). The number of fused-ring (bicyclic) bond motifs is 1. The van der Waals surface area contributed by atoms with E-state index in [0.29, 0.717) is 34.2 Å². The van der Waals surface area contributed by atoms with Crippen LogP contribution in [0.5, 0.6) is 0 Å². The number of H-pyrrole nitrogens is 2. The number of hydrogen-bond acceptors (Lipinski definition) is 6. The molecular weight excluding hydrogens is 306 g/mol. The summed E-state index contributed by atoms with van der Waals surface area (Å²) >= 11 is 1.39. The molecule has 2 aromatic heterocycles. The topological polar surface area (TPSA) is 117 Å². The third kappa shape index (κ3) is 3.37. The Morgan fingerprint density at radius 3 is 2.95 bits per heavy atom. The van der Waals surface area contributed by atoms with Crippen molar-refractivity contribution in [3.63, 3.8) is 0 Å². The van der Waals surface area contributed by atoms with E-state index in [2.05, 4.69) is 25.4 Å². The molecule has 0 fully saturated rings. The molecule has 22 heavy (non-hydrogen) atoms. The average molecular weight is 319 g/mol. The van der Waals surface area contributed by atoms with Gasteiger partial charge >= 0.3 is 5.69 Å². The van der Waals surface area contributed by atoms with E-state index in [1.54, 1.807) is 25.1 Å². The first kappa shape index (κ1) is 14.4. The van der Waals surface area contributed by atoms with Gasteiger partial charge in [0.15, 0.2) is 5.82 Å². The van der Waals surface area contributed by atoms with Gasteiger partial charge in [0.1, 0.15) is 0 Å². The summed E-state index contributed by atoms with van der Waals surface area (Å²) in [6.07, 6.45) is 0. The summed E-state index contributed by atoms with van der Waals surface area (Å²) in [4.78, 5) is 32.4. The third-order valence-corrected chi connectivity index (χ3v) is 3.76. The fourth-order valence-corrected chi connectivity index (χ4v) is 2.60. The Balaban J connectivity index is 1.54. The van der Waals surface area contributed by atoms with Crippen molar-refractivity contribution in [2.45, 2.75) is 12.7 Å². The van der Waals surface area contributed by atoms with E-state index < -0.39 is 0 Å². The zero-order valence-electron chi connectivity index (χ0n) is 11.7. The van der Waals surface area contributed by atoms with Crippen LogP contribution in [0.4, 0.5) is 5.69 Å². The van der Waals surface area contributed by atoms with E-state index in [4.69, 9.17) is 4.52 Å². The Labute approximate surface area is 128 Å². The number of anilines is 1. The quantitative estimate of drug-likeness (QED) is 0.655. The largest absolute Gasteiger partial charge is 0.340 e. The smallest absolute Gasteiger partial charge is 0.323 e. The van der Waals surface area contributed by atoms with Gasteiger partial charge in [0.25, 0.3) is 0 Å². The van der Waals surface area contributed by atoms with Crippen molar-refractivity contribution in [1.29, 1.82) is 0 Å². The van der Waals surface area contributed by atoms with E-state index in [1.165, 1.54) is 11.8 Å². The number of nitrogens with zero attached hydrogens (tertiary/aromatic N) is 2. The Morgan fingerprint density at radius 1 is 1.36 bits per heavy atom. The molecule has 1 aromatic carbocycles. The van der Waals surface area contributed by atoms with Crippen LogP contribution in [0.2, 0.25) is 0 Å². The van der Waals surface area contributed by atoms with Crippen LogP contribution in [-0.4, -0.2) is 31.8 Å². The van der Waals surface area contributed by atoms with Gasteiger partial charge < -0.3 is 19.8 Å². The molecule has 0 spiro atoms. The fraction of sp³-hybridized carbons (Fsp3) is 0.231. The number of aromatic amines is 2. The van der Waals surface area contributed by atoms with Gasteiger partial charge in [-0.2, -0.15) is 4.98 Å². The molecule has 0 aliphatic carbocycles. The van der Waals surface area contributed by atoms with Gasteiger partial charge in [-0.05, 0) is 18.2 Å². The number of imidazole rings is 1. The molecule has 0 saturated carbocycles. The Bertz CT molecular complexity index is 866. The van der Waals surface area contributed by atoms with Crippen LogP contribution in [0.3, 0.4) is 0 Å². The van der Waals surface area contributed by atoms with Gasteiger partial charge in [-0.1, -0.05) is 5.16 Å². The Hall–Kier alpha value is -2.55. The normalized spacial score (nSPS) is 11.0. The number of nitrogens with one attached hydrogen (secondary N) is 3. The number of carbonyl (C=O) groups is 1. The van der Waals surface area contributed by atoms with Crippen molar-refractivity contribution in [1.82, 2.24) is 20.1 Å². The summed E-state index contributed by atoms with van der Waals surface area (Å²) < 4.78 is 4.85. The summed E-state index contributed by atoms with van der Waals surface area (Å²) in [5.41, 5.74) is 1.70. The maximum absolute atomic E-state index is 11.9. The highest BCUT2D eigenvalue weighted by Gasteiger charge is 2.07. The van der Waals surface area contributed by atoms with Gasteiger partial charge in [0.2, 0.25) is 11.8 Å². The van der Waals surface area contributed by atoms with Crippen LogP contribution < -0.4 is 11.0 Å². The summed E-state index contributed by atoms with van der Waals surface area (Å²) in [5, 5.41) is 6.53. The van der Waals surface area contributed by atoms with Crippen molar-refractivity contribution in [3.05, 3.63) is 40.4 Å². The zero-order chi connectivity index (χ0) is 15.5. The highest BCUT2D eigenvalue weighted by molar-refractivity contribution is 7.99. The first-order valence-electron chi connectivity index (χ1n) is 6.49. The summed E-state index contributed by atoms with van der Waals surface area (Å²) in [5.74, 6) is 1.72. The first-order chi connectivity index (χ1) is 10.6. The van der Waals surface area contributed by atoms with Crippen molar-refractivity contribution in [2.24, 2.45) is 0 Å². The molecule has 3 N–H and O–H groups in total. The van der Waals surface area contributed by atoms with Gasteiger partial charge in [-0.25, -0.2) is 4.79 Å². The molecule has 1 amide bonds. The second kappa shape index (κ2) is 6.06. The molecule has 3 rings (SSSR count). The van der Waals surface area contributed by atoms with Gasteiger partial charge in [0, 0.05) is 12.6 Å². The second-order valence-electron chi connectivity index (χ2n) is 4.61. The minimum atomic E-state index is -0.274. The van der Waals surface area contributed by atoms with Crippen LogP contribution in [0, 0.1) is 6.92 Å². The summed E-state index contributed by atoms with van der Waals surface area (Å²) in [6.45, 7) is 1.72. The minimum Gasteiger partial charge on any atom is -0.340 e. The number of hydrogen-bond donors (Lipinski definition) is 3. The molecule has 0 radical (unpaired) electrons. The van der Waals surface area contributed by atoms with Gasteiger partial charge in [0.05, 0.1) is 22.5 Å². The lowest BCUT2D eigenvalue weighted by Gasteiger charge is -2.04. The van der Waals surface area contributed by atoms with Crippen LogP contribution >= 0.6 is 11.8 Å². The first-order valence-corrected chi connectivity index (χ1v) is 7.64. The van der Waals surface area contributed by atoms with E-state index in [-0.39, 0.29) is 17.3 Å². The minimum absolute atomic E-state index is 0.137. The van der Waals surface area contributed by atoms with Crippen molar-refractivity contribution >= 4 is 34.4 Å². The lowest BCUT2D eigenvalue weighted by Crippen LogP contribution is -2.14. The molecule has 0 saturated heterocycles. The third-order valence-electron chi connectivity index (χ3n) is 2.83. The molecule has 0 bridgehead atoms. The molecule has 0 unspecified atom stereocenters. The van der Waals surface area contributed by atoms with E-state index in [1.807, 2.05) is 0 Å². The van der Waals surface area contributed by atoms with Crippen LogP contribution in [-0.2, 0) is 10.5 Å².